The van der Waals surface area contributed by atoms with Crippen LogP contribution in [0.3, 0.4) is 0 Å². The van der Waals surface area contributed by atoms with Crippen LogP contribution in [0.4, 0.5) is 17.1 Å². The van der Waals surface area contributed by atoms with Crippen LogP contribution in [-0.2, 0) is 10.8 Å². The molecular weight excluding hydrogens is 725 g/mol. The molecule has 3 aliphatic carbocycles. The van der Waals surface area contributed by atoms with E-state index in [1.807, 2.05) is 0 Å². The van der Waals surface area contributed by atoms with Crippen LogP contribution in [0.2, 0.25) is 0 Å². The van der Waals surface area contributed by atoms with Crippen LogP contribution in [0, 0.1) is 0 Å². The van der Waals surface area contributed by atoms with E-state index in [4.69, 9.17) is 0 Å². The Hall–Kier alpha value is -7.42. The standard InChI is InChI=1S/C58H40N2/c1-57(2)47-22-9-3-16-40(47)43-35-34-39(36-52(43)57)59(37-30-32-38(33-31-37)60-53-27-13-7-19-44(53)45-20-8-14-28-54(45)60)55-29-15-26-51-56(55)46-21-6-12-25-50(46)58(51)48-23-10-4-17-41(48)42-18-5-11-24-49(42)58/h3-36H,1-2H3. The molecule has 3 aliphatic rings. The van der Waals surface area contributed by atoms with E-state index < -0.39 is 5.41 Å². The average molecular weight is 765 g/mol. The van der Waals surface area contributed by atoms with Crippen LogP contribution in [0.1, 0.15) is 47.2 Å². The molecule has 1 aromatic heterocycles. The van der Waals surface area contributed by atoms with E-state index in [0.29, 0.717) is 0 Å². The van der Waals surface area contributed by atoms with Crippen LogP contribution in [0.25, 0.3) is 60.9 Å². The highest BCUT2D eigenvalue weighted by molar-refractivity contribution is 6.09. The smallest absolute Gasteiger partial charge is 0.0726 e. The fourth-order valence-electron chi connectivity index (χ4n) is 11.5. The van der Waals surface area contributed by atoms with E-state index in [9.17, 15) is 0 Å². The van der Waals surface area contributed by atoms with Crippen LogP contribution in [0.5, 0.6) is 0 Å². The lowest BCUT2D eigenvalue weighted by Gasteiger charge is -2.32. The second kappa shape index (κ2) is 12.1. The maximum atomic E-state index is 2.52. The molecule has 0 fully saturated rings. The Balaban J connectivity index is 1.07. The zero-order valence-electron chi connectivity index (χ0n) is 33.5. The van der Waals surface area contributed by atoms with Crippen LogP contribution in [0.15, 0.2) is 206 Å². The monoisotopic (exact) mass is 764 g/mol. The van der Waals surface area contributed by atoms with Crippen molar-refractivity contribution in [2.24, 2.45) is 0 Å². The predicted molar refractivity (Wildman–Crippen MR) is 249 cm³/mol. The number of rotatable bonds is 4. The highest BCUT2D eigenvalue weighted by Crippen LogP contribution is 2.65. The van der Waals surface area contributed by atoms with Crippen LogP contribution in [-0.4, -0.2) is 4.57 Å². The fraction of sp³-hybridized carbons (Fsp3) is 0.0690. The predicted octanol–water partition coefficient (Wildman–Crippen LogP) is 14.9. The first-order chi connectivity index (χ1) is 29.5. The minimum Gasteiger partial charge on any atom is -0.310 e. The molecule has 0 atom stereocenters. The number of hydrogen-bond acceptors (Lipinski definition) is 1. The third-order valence-electron chi connectivity index (χ3n) is 14.0. The van der Waals surface area contributed by atoms with Gasteiger partial charge < -0.3 is 9.47 Å². The van der Waals surface area contributed by atoms with Crippen LogP contribution < -0.4 is 4.90 Å². The first-order valence-corrected chi connectivity index (χ1v) is 21.1. The van der Waals surface area contributed by atoms with Gasteiger partial charge in [-0.25, -0.2) is 0 Å². The lowest BCUT2D eigenvalue weighted by Crippen LogP contribution is -2.26. The summed E-state index contributed by atoms with van der Waals surface area (Å²) in [5, 5.41) is 2.53. The molecule has 2 heteroatoms. The van der Waals surface area contributed by atoms with Crippen molar-refractivity contribution in [2.75, 3.05) is 4.90 Å². The average Bonchev–Trinajstić information content (AvgIpc) is 3.98. The summed E-state index contributed by atoms with van der Waals surface area (Å²) in [5.41, 5.74) is 22.4. The molecule has 0 N–H and O–H groups in total. The lowest BCUT2D eigenvalue weighted by atomic mass is 9.70. The van der Waals surface area contributed by atoms with E-state index in [0.717, 1.165) is 17.1 Å². The van der Waals surface area contributed by atoms with Gasteiger partial charge in [0.1, 0.15) is 0 Å². The van der Waals surface area contributed by atoms with Gasteiger partial charge in [-0.15, -0.1) is 0 Å². The first-order valence-electron chi connectivity index (χ1n) is 21.1. The Labute approximate surface area is 350 Å². The quantitative estimate of drug-likeness (QED) is 0.173. The molecule has 0 amide bonds. The number of aromatic nitrogens is 1. The van der Waals surface area contributed by atoms with Crippen molar-refractivity contribution in [2.45, 2.75) is 24.7 Å². The van der Waals surface area contributed by atoms with Crippen molar-refractivity contribution in [3.8, 4) is 39.1 Å². The Morgan fingerprint density at radius 3 is 1.47 bits per heavy atom. The van der Waals surface area contributed by atoms with Crippen molar-refractivity contribution >= 4 is 38.9 Å². The first kappa shape index (κ1) is 33.5. The maximum Gasteiger partial charge on any atom is 0.0726 e. The molecule has 2 nitrogen and oxygen atoms in total. The number of para-hydroxylation sites is 2. The summed E-state index contributed by atoms with van der Waals surface area (Å²) >= 11 is 0. The minimum atomic E-state index is -0.428. The zero-order valence-corrected chi connectivity index (χ0v) is 33.5. The van der Waals surface area contributed by atoms with Gasteiger partial charge in [0.05, 0.1) is 22.1 Å². The molecule has 9 aromatic carbocycles. The van der Waals surface area contributed by atoms with Crippen molar-refractivity contribution in [3.05, 3.63) is 240 Å². The van der Waals surface area contributed by atoms with Gasteiger partial charge in [0.2, 0.25) is 0 Å². The molecule has 1 heterocycles. The van der Waals surface area contributed by atoms with Gasteiger partial charge in [-0.3, -0.25) is 0 Å². The summed E-state index contributed by atoms with van der Waals surface area (Å²) < 4.78 is 2.41. The third-order valence-corrected chi connectivity index (χ3v) is 14.0. The molecule has 0 saturated heterocycles. The van der Waals surface area contributed by atoms with Crippen molar-refractivity contribution in [1.82, 2.24) is 4.57 Å². The summed E-state index contributed by atoms with van der Waals surface area (Å²) in [6.45, 7) is 4.75. The molecule has 0 unspecified atom stereocenters. The summed E-state index contributed by atoms with van der Waals surface area (Å²) in [6, 6.07) is 77.2. The number of benzene rings is 9. The fourth-order valence-corrected chi connectivity index (χ4v) is 11.5. The number of hydrogen-bond donors (Lipinski definition) is 0. The van der Waals surface area contributed by atoms with Gasteiger partial charge in [0.15, 0.2) is 0 Å². The minimum absolute atomic E-state index is 0.138. The number of anilines is 3. The SMILES string of the molecule is CC1(C)c2ccccc2-c2ccc(N(c3ccc(-n4c5ccccc5c5ccccc54)cc3)c3cccc4c3-c3ccccc3C43c4ccccc4-c4ccccc43)cc21. The molecule has 0 saturated carbocycles. The Bertz CT molecular complexity index is 3320. The van der Waals surface area contributed by atoms with Gasteiger partial charge in [0.25, 0.3) is 0 Å². The van der Waals surface area contributed by atoms with Crippen molar-refractivity contribution < 1.29 is 0 Å². The number of fused-ring (bicyclic) bond motifs is 16. The Kier molecular flexibility index (Phi) is 6.74. The zero-order chi connectivity index (χ0) is 39.7. The molecule has 0 aliphatic heterocycles. The van der Waals surface area contributed by atoms with Crippen LogP contribution >= 0.6 is 0 Å². The Morgan fingerprint density at radius 2 is 0.833 bits per heavy atom. The van der Waals surface area contributed by atoms with Gasteiger partial charge >= 0.3 is 0 Å². The number of nitrogens with zero attached hydrogens (tertiary/aromatic N) is 2. The van der Waals surface area contributed by atoms with Gasteiger partial charge in [-0.05, 0) is 116 Å². The van der Waals surface area contributed by atoms with Gasteiger partial charge in [-0.1, -0.05) is 166 Å². The molecule has 60 heavy (non-hydrogen) atoms. The lowest BCUT2D eigenvalue weighted by molar-refractivity contribution is 0.660. The second-order valence-corrected chi connectivity index (χ2v) is 17.2. The summed E-state index contributed by atoms with van der Waals surface area (Å²) in [4.78, 5) is 2.52. The Morgan fingerprint density at radius 1 is 0.367 bits per heavy atom. The van der Waals surface area contributed by atoms with E-state index in [2.05, 4.69) is 230 Å². The van der Waals surface area contributed by atoms with E-state index in [1.54, 1.807) is 0 Å². The van der Waals surface area contributed by atoms with E-state index in [-0.39, 0.29) is 5.41 Å². The largest absolute Gasteiger partial charge is 0.310 e. The molecular formula is C58H40N2. The van der Waals surface area contributed by atoms with Crippen molar-refractivity contribution in [3.63, 3.8) is 0 Å². The normalized spacial score (nSPS) is 14.4. The second-order valence-electron chi connectivity index (χ2n) is 17.2. The summed E-state index contributed by atoms with van der Waals surface area (Å²) in [6.07, 6.45) is 0. The van der Waals surface area contributed by atoms with Gasteiger partial charge in [0, 0.05) is 38.8 Å². The highest BCUT2D eigenvalue weighted by Gasteiger charge is 2.52. The molecule has 1 spiro atoms. The molecule has 13 rings (SSSR count). The van der Waals surface area contributed by atoms with Gasteiger partial charge in [-0.2, -0.15) is 0 Å². The van der Waals surface area contributed by atoms with Crippen molar-refractivity contribution in [1.29, 1.82) is 0 Å². The van der Waals surface area contributed by atoms with E-state index in [1.165, 1.54) is 94.3 Å². The topological polar surface area (TPSA) is 8.17 Å². The molecule has 282 valence electrons. The summed E-state index contributed by atoms with van der Waals surface area (Å²) in [7, 11) is 0. The maximum absolute atomic E-state index is 2.52. The molecule has 10 aromatic rings. The molecule has 0 bridgehead atoms. The summed E-state index contributed by atoms with van der Waals surface area (Å²) in [5.74, 6) is 0. The highest BCUT2D eigenvalue weighted by atomic mass is 15.1. The third kappa shape index (κ3) is 4.22. The van der Waals surface area contributed by atoms with E-state index >= 15 is 0 Å². The molecule has 0 radical (unpaired) electrons.